The van der Waals surface area contributed by atoms with Crippen LogP contribution in [0.5, 0.6) is 0 Å². The second-order valence-electron chi connectivity index (χ2n) is 6.26. The molecule has 0 saturated heterocycles. The number of methoxy groups -OCH3 is 1. The van der Waals surface area contributed by atoms with E-state index >= 15 is 0 Å². The first-order valence-electron chi connectivity index (χ1n) is 8.26. The Morgan fingerprint density at radius 3 is 2.69 bits per heavy atom. The lowest BCUT2D eigenvalue weighted by Gasteiger charge is -2.27. The van der Waals surface area contributed by atoms with Gasteiger partial charge in [0.15, 0.2) is 12.4 Å². The molecule has 7 nitrogen and oxygen atoms in total. The standard InChI is InChI=1S/C19H17N3O4/c1-26-19(24)13-2-3-16-14(10-13)15-11-21(7-6-17(15)20-16)18(23)12-4-8-22(25)9-5-12/h2-5,8-10,20H,6-7,11H2,1H3. The smallest absolute Gasteiger partial charge is 0.337 e. The first-order valence-corrected chi connectivity index (χ1v) is 8.26. The van der Waals surface area contributed by atoms with Gasteiger partial charge in [-0.1, -0.05) is 0 Å². The molecule has 0 atom stereocenters. The van der Waals surface area contributed by atoms with Crippen molar-refractivity contribution in [2.75, 3.05) is 13.7 Å². The van der Waals surface area contributed by atoms with Crippen LogP contribution in [0.25, 0.3) is 10.9 Å². The summed E-state index contributed by atoms with van der Waals surface area (Å²) in [6.45, 7) is 1.04. The number of H-pyrrole nitrogens is 1. The Morgan fingerprint density at radius 1 is 1.19 bits per heavy atom. The van der Waals surface area contributed by atoms with Gasteiger partial charge in [-0.3, -0.25) is 4.79 Å². The highest BCUT2D eigenvalue weighted by molar-refractivity contribution is 5.97. The number of carbonyl (C=O) groups excluding carboxylic acids is 2. The van der Waals surface area contributed by atoms with Crippen LogP contribution < -0.4 is 4.73 Å². The fourth-order valence-corrected chi connectivity index (χ4v) is 3.37. The summed E-state index contributed by atoms with van der Waals surface area (Å²) in [7, 11) is 1.35. The van der Waals surface area contributed by atoms with Gasteiger partial charge in [-0.05, 0) is 18.2 Å². The number of carbonyl (C=O) groups is 2. The lowest BCUT2D eigenvalue weighted by molar-refractivity contribution is -0.605. The summed E-state index contributed by atoms with van der Waals surface area (Å²) in [5.41, 5.74) is 3.99. The van der Waals surface area contributed by atoms with Crippen molar-refractivity contribution in [2.45, 2.75) is 13.0 Å². The number of amides is 1. The molecule has 0 fully saturated rings. The maximum atomic E-state index is 12.7. The molecule has 2 aromatic heterocycles. The highest BCUT2D eigenvalue weighted by atomic mass is 16.5. The van der Waals surface area contributed by atoms with Crippen molar-refractivity contribution in [3.63, 3.8) is 0 Å². The Morgan fingerprint density at radius 2 is 1.96 bits per heavy atom. The number of aromatic amines is 1. The zero-order valence-electron chi connectivity index (χ0n) is 14.2. The molecule has 1 aliphatic rings. The van der Waals surface area contributed by atoms with E-state index < -0.39 is 0 Å². The third kappa shape index (κ3) is 2.67. The average molecular weight is 351 g/mol. The number of fused-ring (bicyclic) bond motifs is 3. The molecule has 1 N–H and O–H groups in total. The maximum Gasteiger partial charge on any atom is 0.337 e. The SMILES string of the molecule is COC(=O)c1ccc2[nH]c3c(c2c1)CN(C(=O)c1cc[n+]([O-])cc1)CC3. The molecule has 7 heteroatoms. The minimum absolute atomic E-state index is 0.116. The van der Waals surface area contributed by atoms with Gasteiger partial charge in [-0.25, -0.2) is 4.79 Å². The molecule has 1 aromatic carbocycles. The molecule has 1 aliphatic heterocycles. The Bertz CT molecular complexity index is 1010. The van der Waals surface area contributed by atoms with Crippen LogP contribution in [0.1, 0.15) is 32.0 Å². The van der Waals surface area contributed by atoms with Gasteiger partial charge in [-0.15, -0.1) is 0 Å². The minimum Gasteiger partial charge on any atom is -0.619 e. The predicted molar refractivity (Wildman–Crippen MR) is 93.5 cm³/mol. The van der Waals surface area contributed by atoms with Gasteiger partial charge >= 0.3 is 5.97 Å². The van der Waals surface area contributed by atoms with Crippen LogP contribution >= 0.6 is 0 Å². The largest absolute Gasteiger partial charge is 0.619 e. The molecule has 0 saturated carbocycles. The summed E-state index contributed by atoms with van der Waals surface area (Å²) in [5, 5.41) is 12.1. The number of hydrogen-bond donors (Lipinski definition) is 1. The van der Waals surface area contributed by atoms with Gasteiger partial charge in [0, 0.05) is 53.8 Å². The second kappa shape index (κ2) is 6.18. The van der Waals surface area contributed by atoms with Crippen LogP contribution in [0.2, 0.25) is 0 Å². The van der Waals surface area contributed by atoms with E-state index in [2.05, 4.69) is 4.98 Å². The first-order chi connectivity index (χ1) is 12.6. The van der Waals surface area contributed by atoms with Crippen molar-refractivity contribution >= 4 is 22.8 Å². The summed E-state index contributed by atoms with van der Waals surface area (Å²) in [4.78, 5) is 29.7. The van der Waals surface area contributed by atoms with Crippen molar-refractivity contribution in [1.29, 1.82) is 0 Å². The fraction of sp³-hybridized carbons (Fsp3) is 0.211. The Hall–Kier alpha value is -3.35. The van der Waals surface area contributed by atoms with Crippen molar-refractivity contribution in [2.24, 2.45) is 0 Å². The van der Waals surface area contributed by atoms with Crippen molar-refractivity contribution < 1.29 is 19.1 Å². The quantitative estimate of drug-likeness (QED) is 0.433. The van der Waals surface area contributed by atoms with E-state index in [9.17, 15) is 14.8 Å². The van der Waals surface area contributed by atoms with Gasteiger partial charge in [0.1, 0.15) is 0 Å². The third-order valence-corrected chi connectivity index (χ3v) is 4.73. The zero-order chi connectivity index (χ0) is 18.3. The third-order valence-electron chi connectivity index (χ3n) is 4.73. The normalized spacial score (nSPS) is 13.5. The van der Waals surface area contributed by atoms with E-state index in [0.29, 0.717) is 35.4 Å². The fourth-order valence-electron chi connectivity index (χ4n) is 3.37. The van der Waals surface area contributed by atoms with Crippen molar-refractivity contribution in [3.8, 4) is 0 Å². The van der Waals surface area contributed by atoms with Crippen LogP contribution in [0.4, 0.5) is 0 Å². The van der Waals surface area contributed by atoms with Crippen LogP contribution in [0.15, 0.2) is 42.7 Å². The number of hydrogen-bond acceptors (Lipinski definition) is 4. The lowest BCUT2D eigenvalue weighted by atomic mass is 10.0. The van der Waals surface area contributed by atoms with E-state index in [4.69, 9.17) is 4.74 Å². The summed E-state index contributed by atoms with van der Waals surface area (Å²) >= 11 is 0. The number of nitrogens with one attached hydrogen (secondary N) is 1. The number of pyridine rings is 1. The van der Waals surface area contributed by atoms with Gasteiger partial charge in [0.2, 0.25) is 0 Å². The molecule has 3 aromatic rings. The van der Waals surface area contributed by atoms with Gasteiger partial charge in [0.05, 0.1) is 18.2 Å². The summed E-state index contributed by atoms with van der Waals surface area (Å²) in [5.74, 6) is -0.504. The zero-order valence-corrected chi connectivity index (χ0v) is 14.2. The summed E-state index contributed by atoms with van der Waals surface area (Å²) in [6.07, 6.45) is 3.34. The summed E-state index contributed by atoms with van der Waals surface area (Å²) in [6, 6.07) is 8.43. The van der Waals surface area contributed by atoms with Crippen molar-refractivity contribution in [3.05, 3.63) is 70.3 Å². The molecule has 26 heavy (non-hydrogen) atoms. The second-order valence-corrected chi connectivity index (χ2v) is 6.26. The first kappa shape index (κ1) is 16.1. The van der Waals surface area contributed by atoms with Crippen molar-refractivity contribution in [1.82, 2.24) is 9.88 Å². The molecule has 3 heterocycles. The lowest BCUT2D eigenvalue weighted by Crippen LogP contribution is -2.36. The number of rotatable bonds is 2. The highest BCUT2D eigenvalue weighted by Gasteiger charge is 2.25. The monoisotopic (exact) mass is 351 g/mol. The van der Waals surface area contributed by atoms with Crippen LogP contribution in [0.3, 0.4) is 0 Å². The molecular formula is C19H17N3O4. The summed E-state index contributed by atoms with van der Waals surface area (Å²) < 4.78 is 5.44. The number of aromatic nitrogens is 2. The molecule has 0 radical (unpaired) electrons. The molecule has 1 amide bonds. The molecule has 132 valence electrons. The topological polar surface area (TPSA) is 89.3 Å². The Labute approximate surface area is 149 Å². The van der Waals surface area contributed by atoms with Gasteiger partial charge < -0.3 is 19.8 Å². The molecule has 0 aliphatic carbocycles. The van der Waals surface area contributed by atoms with Gasteiger partial charge in [0.25, 0.3) is 5.91 Å². The van der Waals surface area contributed by atoms with Crippen LogP contribution in [-0.2, 0) is 17.7 Å². The van der Waals surface area contributed by atoms with Crippen LogP contribution in [0, 0.1) is 5.21 Å². The van der Waals surface area contributed by atoms with Crippen LogP contribution in [-0.4, -0.2) is 35.4 Å². The van der Waals surface area contributed by atoms with E-state index in [-0.39, 0.29) is 11.9 Å². The molecular weight excluding hydrogens is 334 g/mol. The molecule has 0 bridgehead atoms. The predicted octanol–water partition coefficient (Wildman–Crippen LogP) is 1.79. The van der Waals surface area contributed by atoms with E-state index in [1.165, 1.54) is 31.6 Å². The van der Waals surface area contributed by atoms with Gasteiger partial charge in [-0.2, -0.15) is 4.73 Å². The number of nitrogens with zero attached hydrogens (tertiary/aromatic N) is 2. The maximum absolute atomic E-state index is 12.7. The highest BCUT2D eigenvalue weighted by Crippen LogP contribution is 2.29. The number of ether oxygens (including phenoxy) is 1. The number of benzene rings is 1. The minimum atomic E-state index is -0.388. The van der Waals surface area contributed by atoms with E-state index in [1.54, 1.807) is 17.0 Å². The molecule has 0 unspecified atom stereocenters. The van der Waals surface area contributed by atoms with E-state index in [0.717, 1.165) is 22.2 Å². The van der Waals surface area contributed by atoms with E-state index in [1.807, 2.05) is 6.07 Å². The Kier molecular flexibility index (Phi) is 3.84. The molecule has 4 rings (SSSR count). The Balaban J connectivity index is 1.67. The molecule has 0 spiro atoms. The number of esters is 1. The average Bonchev–Trinajstić information content (AvgIpc) is 3.04.